The summed E-state index contributed by atoms with van der Waals surface area (Å²) in [5, 5.41) is 4.20. The first-order valence-corrected chi connectivity index (χ1v) is 8.61. The van der Waals surface area contributed by atoms with Crippen LogP contribution in [0.5, 0.6) is 5.75 Å². The minimum absolute atomic E-state index is 0.0643. The lowest BCUT2D eigenvalue weighted by atomic mass is 10.1. The summed E-state index contributed by atoms with van der Waals surface area (Å²) >= 11 is 5.15. The van der Waals surface area contributed by atoms with E-state index in [1.165, 1.54) is 5.56 Å². The van der Waals surface area contributed by atoms with Crippen molar-refractivity contribution in [3.05, 3.63) is 50.6 Å². The van der Waals surface area contributed by atoms with Gasteiger partial charge >= 0.3 is 0 Å². The summed E-state index contributed by atoms with van der Waals surface area (Å²) in [4.78, 5) is 14.9. The molecule has 3 nitrogen and oxygen atoms in total. The summed E-state index contributed by atoms with van der Waals surface area (Å²) < 4.78 is 6.04. The molecule has 1 aromatic carbocycles. The molecule has 0 spiro atoms. The van der Waals surface area contributed by atoms with Gasteiger partial charge in [0.1, 0.15) is 5.75 Å². The maximum atomic E-state index is 12.9. The topological polar surface area (TPSA) is 29.5 Å². The summed E-state index contributed by atoms with van der Waals surface area (Å²) in [5.74, 6) is 0.766. The normalized spacial score (nSPS) is 18.0. The molecule has 0 radical (unpaired) electrons. The average Bonchev–Trinajstić information content (AvgIpc) is 3.17. The number of likely N-dealkylation sites (tertiary alicyclic amines) is 1. The second-order valence-corrected chi connectivity index (χ2v) is 6.69. The molecule has 1 atom stereocenters. The third-order valence-electron chi connectivity index (χ3n) is 3.85. The van der Waals surface area contributed by atoms with Crippen molar-refractivity contribution in [3.8, 4) is 5.75 Å². The van der Waals surface area contributed by atoms with Gasteiger partial charge in [-0.05, 0) is 69.4 Å². The molecule has 110 valence electrons. The molecule has 0 aliphatic carbocycles. The summed E-state index contributed by atoms with van der Waals surface area (Å²) in [6.07, 6.45) is 2.08. The summed E-state index contributed by atoms with van der Waals surface area (Å²) in [6, 6.07) is 7.82. The minimum atomic E-state index is 0.0643. The molecule has 0 bridgehead atoms. The van der Waals surface area contributed by atoms with Gasteiger partial charge in [0, 0.05) is 11.0 Å². The van der Waals surface area contributed by atoms with E-state index in [0.29, 0.717) is 11.3 Å². The SMILES string of the molecule is COc1ccc(Br)c(C(=O)N2CCCC2c2ccsc2)c1. The van der Waals surface area contributed by atoms with Gasteiger partial charge in [-0.3, -0.25) is 4.79 Å². The van der Waals surface area contributed by atoms with E-state index in [9.17, 15) is 4.79 Å². The smallest absolute Gasteiger partial charge is 0.255 e. The zero-order chi connectivity index (χ0) is 14.8. The van der Waals surface area contributed by atoms with Crippen molar-refractivity contribution >= 4 is 33.2 Å². The Labute approximate surface area is 136 Å². The number of methoxy groups -OCH3 is 1. The van der Waals surface area contributed by atoms with Crippen LogP contribution in [0.3, 0.4) is 0 Å². The Balaban J connectivity index is 1.91. The molecule has 5 heteroatoms. The first-order chi connectivity index (χ1) is 10.2. The summed E-state index contributed by atoms with van der Waals surface area (Å²) in [6.45, 7) is 0.809. The lowest BCUT2D eigenvalue weighted by Gasteiger charge is -2.25. The minimum Gasteiger partial charge on any atom is -0.497 e. The standard InChI is InChI=1S/C16H16BrNO2S/c1-20-12-4-5-14(17)13(9-12)16(19)18-7-2-3-15(18)11-6-8-21-10-11/h4-6,8-10,15H,2-3,7H2,1H3. The number of carbonyl (C=O) groups excluding carboxylic acids is 1. The molecule has 2 aromatic rings. The lowest BCUT2D eigenvalue weighted by molar-refractivity contribution is 0.0734. The Kier molecular flexibility index (Phi) is 4.31. The van der Waals surface area contributed by atoms with Crippen molar-refractivity contribution < 1.29 is 9.53 Å². The van der Waals surface area contributed by atoms with E-state index in [-0.39, 0.29) is 11.9 Å². The molecule has 1 amide bonds. The highest BCUT2D eigenvalue weighted by Crippen LogP contribution is 2.35. The first kappa shape index (κ1) is 14.6. The average molecular weight is 366 g/mol. The van der Waals surface area contributed by atoms with Crippen molar-refractivity contribution in [2.24, 2.45) is 0 Å². The van der Waals surface area contributed by atoms with Crippen LogP contribution in [0.2, 0.25) is 0 Å². The first-order valence-electron chi connectivity index (χ1n) is 6.87. The van der Waals surface area contributed by atoms with Gasteiger partial charge in [0.2, 0.25) is 0 Å². The number of halogens is 1. The Bertz CT molecular complexity index is 642. The zero-order valence-corrected chi connectivity index (χ0v) is 14.1. The maximum absolute atomic E-state index is 12.9. The van der Waals surface area contributed by atoms with E-state index in [0.717, 1.165) is 23.9 Å². The monoisotopic (exact) mass is 365 g/mol. The predicted octanol–water partition coefficient (Wildman–Crippen LogP) is 4.50. The molecule has 0 N–H and O–H groups in total. The van der Waals surface area contributed by atoms with Crippen LogP contribution in [0, 0.1) is 0 Å². The Hall–Kier alpha value is -1.33. The number of nitrogens with zero attached hydrogens (tertiary/aromatic N) is 1. The number of hydrogen-bond donors (Lipinski definition) is 0. The molecule has 1 saturated heterocycles. The quantitative estimate of drug-likeness (QED) is 0.801. The van der Waals surface area contributed by atoms with E-state index in [1.807, 2.05) is 17.0 Å². The highest BCUT2D eigenvalue weighted by molar-refractivity contribution is 9.10. The molecule has 1 fully saturated rings. The van der Waals surface area contributed by atoms with E-state index in [4.69, 9.17) is 4.74 Å². The predicted molar refractivity (Wildman–Crippen MR) is 88.0 cm³/mol. The van der Waals surface area contributed by atoms with Crippen LogP contribution in [0.4, 0.5) is 0 Å². The third kappa shape index (κ3) is 2.85. The maximum Gasteiger partial charge on any atom is 0.255 e. The number of benzene rings is 1. The van der Waals surface area contributed by atoms with Crippen LogP contribution in [0.15, 0.2) is 39.5 Å². The number of rotatable bonds is 3. The van der Waals surface area contributed by atoms with Gasteiger partial charge < -0.3 is 9.64 Å². The summed E-state index contributed by atoms with van der Waals surface area (Å²) in [5.41, 5.74) is 1.90. The van der Waals surface area contributed by atoms with Crippen molar-refractivity contribution in [2.45, 2.75) is 18.9 Å². The molecular weight excluding hydrogens is 350 g/mol. The number of amides is 1. The van der Waals surface area contributed by atoms with Gasteiger partial charge in [0.05, 0.1) is 18.7 Å². The molecular formula is C16H16BrNO2S. The van der Waals surface area contributed by atoms with Gasteiger partial charge in [-0.25, -0.2) is 0 Å². The fourth-order valence-electron chi connectivity index (χ4n) is 2.77. The number of ether oxygens (including phenoxy) is 1. The Morgan fingerprint density at radius 1 is 1.43 bits per heavy atom. The van der Waals surface area contributed by atoms with Gasteiger partial charge in [-0.2, -0.15) is 11.3 Å². The van der Waals surface area contributed by atoms with E-state index in [2.05, 4.69) is 32.8 Å². The van der Waals surface area contributed by atoms with Gasteiger partial charge in [-0.15, -0.1) is 0 Å². The van der Waals surface area contributed by atoms with Crippen molar-refractivity contribution in [1.29, 1.82) is 0 Å². The van der Waals surface area contributed by atoms with Crippen LogP contribution >= 0.6 is 27.3 Å². The molecule has 2 heterocycles. The molecule has 3 rings (SSSR count). The molecule has 1 aliphatic rings. The zero-order valence-electron chi connectivity index (χ0n) is 11.7. The van der Waals surface area contributed by atoms with Crippen molar-refractivity contribution in [2.75, 3.05) is 13.7 Å². The van der Waals surface area contributed by atoms with Gasteiger partial charge in [0.25, 0.3) is 5.91 Å². The van der Waals surface area contributed by atoms with Crippen LogP contribution in [0.25, 0.3) is 0 Å². The fraction of sp³-hybridized carbons (Fsp3) is 0.312. The molecule has 1 unspecified atom stereocenters. The summed E-state index contributed by atoms with van der Waals surface area (Å²) in [7, 11) is 1.61. The fourth-order valence-corrected chi connectivity index (χ4v) is 3.89. The molecule has 21 heavy (non-hydrogen) atoms. The van der Waals surface area contributed by atoms with Crippen LogP contribution in [-0.2, 0) is 0 Å². The van der Waals surface area contributed by atoms with Crippen LogP contribution in [0.1, 0.15) is 34.8 Å². The van der Waals surface area contributed by atoms with Crippen molar-refractivity contribution in [3.63, 3.8) is 0 Å². The van der Waals surface area contributed by atoms with Crippen LogP contribution < -0.4 is 4.74 Å². The van der Waals surface area contributed by atoms with E-state index in [1.54, 1.807) is 24.5 Å². The third-order valence-corrected chi connectivity index (χ3v) is 5.24. The number of carbonyl (C=O) groups is 1. The molecule has 0 saturated carbocycles. The highest BCUT2D eigenvalue weighted by Gasteiger charge is 2.31. The highest BCUT2D eigenvalue weighted by atomic mass is 79.9. The second kappa shape index (κ2) is 6.20. The largest absolute Gasteiger partial charge is 0.497 e. The van der Waals surface area contributed by atoms with Crippen molar-refractivity contribution in [1.82, 2.24) is 4.90 Å². The van der Waals surface area contributed by atoms with Gasteiger partial charge in [0.15, 0.2) is 0 Å². The number of thiophene rings is 1. The molecule has 1 aromatic heterocycles. The van der Waals surface area contributed by atoms with E-state index >= 15 is 0 Å². The molecule has 1 aliphatic heterocycles. The lowest BCUT2D eigenvalue weighted by Crippen LogP contribution is -2.30. The second-order valence-electron chi connectivity index (χ2n) is 5.06. The Morgan fingerprint density at radius 3 is 3.00 bits per heavy atom. The van der Waals surface area contributed by atoms with E-state index < -0.39 is 0 Å². The number of hydrogen-bond acceptors (Lipinski definition) is 3. The Morgan fingerprint density at radius 2 is 2.29 bits per heavy atom. The van der Waals surface area contributed by atoms with Gasteiger partial charge in [-0.1, -0.05) is 0 Å². The van der Waals surface area contributed by atoms with Crippen LogP contribution in [-0.4, -0.2) is 24.5 Å².